The largest absolute Gasteiger partial charge is 0.307 e. The van der Waals surface area contributed by atoms with Crippen LogP contribution < -0.4 is 5.32 Å². The first-order valence-corrected chi connectivity index (χ1v) is 7.22. The first-order valence-electron chi connectivity index (χ1n) is 6.68. The number of rotatable bonds is 3. The summed E-state index contributed by atoms with van der Waals surface area (Å²) < 4.78 is 0. The van der Waals surface area contributed by atoms with Crippen molar-refractivity contribution in [3.05, 3.63) is 0 Å². The van der Waals surface area contributed by atoms with Gasteiger partial charge in [0.2, 0.25) is 0 Å². The van der Waals surface area contributed by atoms with Crippen LogP contribution in [0.3, 0.4) is 0 Å². The Hall–Kier alpha value is 0.250. The monoisotopic (exact) mass is 229 g/mol. The molecule has 0 aromatic rings. The van der Waals surface area contributed by atoms with Crippen molar-refractivity contribution in [2.75, 3.05) is 5.88 Å². The van der Waals surface area contributed by atoms with Gasteiger partial charge in [-0.05, 0) is 25.7 Å². The molecule has 15 heavy (non-hydrogen) atoms. The van der Waals surface area contributed by atoms with Crippen molar-refractivity contribution < 1.29 is 0 Å². The third kappa shape index (κ3) is 3.10. The van der Waals surface area contributed by atoms with Crippen LogP contribution in [-0.4, -0.2) is 17.5 Å². The lowest BCUT2D eigenvalue weighted by Gasteiger charge is -2.41. The normalized spacial score (nSPS) is 27.8. The van der Waals surface area contributed by atoms with Crippen molar-refractivity contribution in [3.8, 4) is 0 Å². The van der Waals surface area contributed by atoms with Gasteiger partial charge in [-0.1, -0.05) is 38.5 Å². The molecule has 0 unspecified atom stereocenters. The Labute approximate surface area is 99.0 Å². The van der Waals surface area contributed by atoms with Gasteiger partial charge in [0, 0.05) is 17.5 Å². The smallest absolute Gasteiger partial charge is 0.0406 e. The highest BCUT2D eigenvalue weighted by Crippen LogP contribution is 2.31. The van der Waals surface area contributed by atoms with Crippen LogP contribution in [0.25, 0.3) is 0 Å². The molecule has 0 atom stereocenters. The first-order chi connectivity index (χ1) is 7.35. The molecule has 0 heterocycles. The summed E-state index contributed by atoms with van der Waals surface area (Å²) in [7, 11) is 0. The van der Waals surface area contributed by atoms with E-state index < -0.39 is 0 Å². The molecular weight excluding hydrogens is 206 g/mol. The van der Waals surface area contributed by atoms with Gasteiger partial charge in [0.1, 0.15) is 0 Å². The minimum atomic E-state index is 0.293. The highest BCUT2D eigenvalue weighted by Gasteiger charge is 2.33. The molecule has 0 amide bonds. The lowest BCUT2D eigenvalue weighted by atomic mass is 9.81. The summed E-state index contributed by atoms with van der Waals surface area (Å²) in [4.78, 5) is 0. The van der Waals surface area contributed by atoms with E-state index in [0.29, 0.717) is 5.54 Å². The molecule has 0 saturated heterocycles. The summed E-state index contributed by atoms with van der Waals surface area (Å²) in [5.74, 6) is 0.809. The van der Waals surface area contributed by atoms with Crippen molar-refractivity contribution in [1.29, 1.82) is 0 Å². The van der Waals surface area contributed by atoms with Gasteiger partial charge in [-0.3, -0.25) is 0 Å². The fourth-order valence-electron chi connectivity index (χ4n) is 3.23. The minimum absolute atomic E-state index is 0.293. The maximum absolute atomic E-state index is 6.19. The Morgan fingerprint density at radius 1 is 0.933 bits per heavy atom. The van der Waals surface area contributed by atoms with Gasteiger partial charge in [-0.2, -0.15) is 0 Å². The summed E-state index contributed by atoms with van der Waals surface area (Å²) >= 11 is 6.19. The molecule has 2 aliphatic rings. The van der Waals surface area contributed by atoms with Gasteiger partial charge < -0.3 is 5.32 Å². The zero-order valence-corrected chi connectivity index (χ0v) is 10.5. The van der Waals surface area contributed by atoms with Gasteiger partial charge in [-0.25, -0.2) is 0 Å². The predicted octanol–water partition coefficient (Wildman–Crippen LogP) is 3.85. The minimum Gasteiger partial charge on any atom is -0.307 e. The van der Waals surface area contributed by atoms with Crippen molar-refractivity contribution in [2.45, 2.75) is 75.8 Å². The van der Waals surface area contributed by atoms with Crippen LogP contribution in [0.4, 0.5) is 0 Å². The van der Waals surface area contributed by atoms with E-state index in [1.54, 1.807) is 0 Å². The van der Waals surface area contributed by atoms with E-state index >= 15 is 0 Å². The second-order valence-corrected chi connectivity index (χ2v) is 5.72. The zero-order chi connectivity index (χ0) is 10.6. The summed E-state index contributed by atoms with van der Waals surface area (Å²) in [6.07, 6.45) is 13.7. The number of hydrogen-bond donors (Lipinski definition) is 1. The van der Waals surface area contributed by atoms with Crippen molar-refractivity contribution >= 4 is 11.6 Å². The Balaban J connectivity index is 1.87. The van der Waals surface area contributed by atoms with Crippen LogP contribution in [0, 0.1) is 0 Å². The van der Waals surface area contributed by atoms with E-state index in [2.05, 4.69) is 5.32 Å². The Kier molecular flexibility index (Phi) is 4.33. The Morgan fingerprint density at radius 2 is 1.53 bits per heavy atom. The molecule has 2 rings (SSSR count). The SMILES string of the molecule is ClCC1(NC2CCCCC2)CCCCC1. The van der Waals surface area contributed by atoms with Gasteiger partial charge in [-0.15, -0.1) is 11.6 Å². The van der Waals surface area contributed by atoms with Crippen molar-refractivity contribution in [1.82, 2.24) is 5.32 Å². The highest BCUT2D eigenvalue weighted by atomic mass is 35.5. The summed E-state index contributed by atoms with van der Waals surface area (Å²) in [5, 5.41) is 3.89. The summed E-state index contributed by atoms with van der Waals surface area (Å²) in [6, 6.07) is 0.760. The van der Waals surface area contributed by atoms with E-state index in [1.807, 2.05) is 0 Å². The van der Waals surface area contributed by atoms with Gasteiger partial charge >= 0.3 is 0 Å². The third-order valence-corrected chi connectivity index (χ3v) is 4.69. The van der Waals surface area contributed by atoms with E-state index in [9.17, 15) is 0 Å². The molecule has 88 valence electrons. The van der Waals surface area contributed by atoms with Crippen molar-refractivity contribution in [3.63, 3.8) is 0 Å². The molecular formula is C13H24ClN. The quantitative estimate of drug-likeness (QED) is 0.725. The number of halogens is 1. The summed E-state index contributed by atoms with van der Waals surface area (Å²) in [5.41, 5.74) is 0.293. The topological polar surface area (TPSA) is 12.0 Å². The average molecular weight is 230 g/mol. The molecule has 0 spiro atoms. The standard InChI is InChI=1S/C13H24ClN/c14-11-13(9-5-2-6-10-13)15-12-7-3-1-4-8-12/h12,15H,1-11H2. The second kappa shape index (κ2) is 5.54. The number of nitrogens with one attached hydrogen (secondary N) is 1. The molecule has 1 nitrogen and oxygen atoms in total. The number of alkyl halides is 1. The van der Waals surface area contributed by atoms with Crippen LogP contribution in [-0.2, 0) is 0 Å². The van der Waals surface area contributed by atoms with Crippen LogP contribution in [0.1, 0.15) is 64.2 Å². The molecule has 2 heteroatoms. The van der Waals surface area contributed by atoms with Crippen LogP contribution in [0.15, 0.2) is 0 Å². The molecule has 1 N–H and O–H groups in total. The fourth-order valence-corrected chi connectivity index (χ4v) is 3.57. The first kappa shape index (κ1) is 11.7. The lowest BCUT2D eigenvalue weighted by Crippen LogP contribution is -2.53. The molecule has 0 aliphatic heterocycles. The van der Waals surface area contributed by atoms with E-state index in [4.69, 9.17) is 11.6 Å². The number of hydrogen-bond acceptors (Lipinski definition) is 1. The molecule has 0 aromatic carbocycles. The molecule has 0 radical (unpaired) electrons. The molecule has 2 aliphatic carbocycles. The predicted molar refractivity (Wildman–Crippen MR) is 66.5 cm³/mol. The zero-order valence-electron chi connectivity index (χ0n) is 9.73. The van der Waals surface area contributed by atoms with Crippen molar-refractivity contribution in [2.24, 2.45) is 0 Å². The van der Waals surface area contributed by atoms with Crippen LogP contribution in [0.5, 0.6) is 0 Å². The van der Waals surface area contributed by atoms with Gasteiger partial charge in [0.15, 0.2) is 0 Å². The lowest BCUT2D eigenvalue weighted by molar-refractivity contribution is 0.208. The molecule has 2 fully saturated rings. The average Bonchev–Trinajstić information content (AvgIpc) is 2.32. The third-order valence-electron chi connectivity index (χ3n) is 4.18. The fraction of sp³-hybridized carbons (Fsp3) is 1.00. The molecule has 0 bridgehead atoms. The maximum Gasteiger partial charge on any atom is 0.0406 e. The van der Waals surface area contributed by atoms with E-state index in [-0.39, 0.29) is 0 Å². The van der Waals surface area contributed by atoms with Crippen LogP contribution >= 0.6 is 11.6 Å². The molecule has 0 aromatic heterocycles. The molecule has 2 saturated carbocycles. The Bertz CT molecular complexity index is 181. The van der Waals surface area contributed by atoms with E-state index in [0.717, 1.165) is 11.9 Å². The van der Waals surface area contributed by atoms with Crippen LogP contribution in [0.2, 0.25) is 0 Å². The summed E-state index contributed by atoms with van der Waals surface area (Å²) in [6.45, 7) is 0. The van der Waals surface area contributed by atoms with E-state index in [1.165, 1.54) is 64.2 Å². The second-order valence-electron chi connectivity index (χ2n) is 5.45. The Morgan fingerprint density at radius 3 is 2.13 bits per heavy atom. The van der Waals surface area contributed by atoms with Gasteiger partial charge in [0.05, 0.1) is 0 Å². The van der Waals surface area contributed by atoms with Gasteiger partial charge in [0.25, 0.3) is 0 Å². The highest BCUT2D eigenvalue weighted by molar-refractivity contribution is 6.18. The maximum atomic E-state index is 6.19.